The lowest BCUT2D eigenvalue weighted by atomic mass is 9.93. The molecule has 3 rings (SSSR count). The molecule has 2 heterocycles. The van der Waals surface area contributed by atoms with Gasteiger partial charge in [-0.15, -0.1) is 0 Å². The molecule has 0 spiro atoms. The van der Waals surface area contributed by atoms with Crippen LogP contribution in [0.15, 0.2) is 53.5 Å². The second-order valence-corrected chi connectivity index (χ2v) is 11.8. The van der Waals surface area contributed by atoms with Crippen LogP contribution in [0.4, 0.5) is 36.8 Å². The number of benzene rings is 1. The predicted molar refractivity (Wildman–Crippen MR) is 156 cm³/mol. The van der Waals surface area contributed by atoms with Crippen molar-refractivity contribution in [1.29, 1.82) is 0 Å². The van der Waals surface area contributed by atoms with Crippen LogP contribution in [0, 0.1) is 0 Å². The van der Waals surface area contributed by atoms with Crippen molar-refractivity contribution in [3.8, 4) is 0 Å². The number of anilines is 1. The first-order valence-electron chi connectivity index (χ1n) is 13.9. The predicted octanol–water partition coefficient (Wildman–Crippen LogP) is 6.89. The Bertz CT molecular complexity index is 1440. The van der Waals surface area contributed by atoms with E-state index in [4.69, 9.17) is 18.9 Å². The Hall–Kier alpha value is -4.06. The Kier molecular flexibility index (Phi) is 12.1. The van der Waals surface area contributed by atoms with Crippen LogP contribution in [0.25, 0.3) is 0 Å². The summed E-state index contributed by atoms with van der Waals surface area (Å²) in [6.45, 7) is 3.77. The molecular weight excluding hydrogens is 710 g/mol. The fraction of sp³-hybridized carbons (Fsp3) is 0.448. The molecule has 1 aliphatic rings. The van der Waals surface area contributed by atoms with Gasteiger partial charge in [-0.25, -0.2) is 9.78 Å². The Morgan fingerprint density at radius 2 is 1.60 bits per heavy atom. The Morgan fingerprint density at radius 1 is 0.957 bits per heavy atom. The van der Waals surface area contributed by atoms with Crippen molar-refractivity contribution in [2.24, 2.45) is 0 Å². The molecule has 18 heteroatoms. The summed E-state index contributed by atoms with van der Waals surface area (Å²) in [5, 5.41) is 1.98. The van der Waals surface area contributed by atoms with Crippen molar-refractivity contribution in [2.45, 2.75) is 82.9 Å². The highest BCUT2D eigenvalue weighted by molar-refractivity contribution is 9.10. The molecule has 258 valence electrons. The van der Waals surface area contributed by atoms with Crippen LogP contribution < -0.4 is 16.2 Å². The summed E-state index contributed by atoms with van der Waals surface area (Å²) in [4.78, 5) is 42.2. The molecule has 3 N–H and O–H groups in total. The first-order chi connectivity index (χ1) is 21.8. The average molecular weight is 741 g/mol. The number of alkyl halides is 6. The lowest BCUT2D eigenvalue weighted by Gasteiger charge is -2.34. The summed E-state index contributed by atoms with van der Waals surface area (Å²) >= 11 is 2.61. The van der Waals surface area contributed by atoms with E-state index in [-0.39, 0.29) is 19.3 Å². The number of rotatable bonds is 11. The maximum absolute atomic E-state index is 14.7. The fourth-order valence-corrected chi connectivity index (χ4v) is 4.64. The van der Waals surface area contributed by atoms with Crippen molar-refractivity contribution in [3.63, 3.8) is 0 Å². The van der Waals surface area contributed by atoms with Gasteiger partial charge >= 0.3 is 18.4 Å². The molecule has 0 aliphatic carbocycles. The van der Waals surface area contributed by atoms with E-state index in [9.17, 15) is 40.7 Å². The largest absolute Gasteiger partial charge is 0.459 e. The molecule has 0 unspecified atom stereocenters. The standard InChI is InChI=1S/C29H31BrF6N4O7/c1-26(2,3)47-25(43)37-19-15-18(28(31,32)33)22(30)38-21(19)23(41)39-40-24(42)27(29(34,35)36,46-16-17-9-5-4-6-10-17)12-8-7-11-20-44-13-14-45-20/h4-6,9-10,13-15,20H,7-8,11-12,16H2,1-3H3,(H,37,43)(H,39,41)(H,40,42)/t27-/m1/s1. The van der Waals surface area contributed by atoms with Gasteiger partial charge in [-0.3, -0.25) is 25.8 Å². The number of aromatic nitrogens is 1. The Balaban J connectivity index is 1.87. The average Bonchev–Trinajstić information content (AvgIpc) is 3.48. The summed E-state index contributed by atoms with van der Waals surface area (Å²) in [6, 6.07) is 8.08. The third-order valence-electron chi connectivity index (χ3n) is 6.31. The minimum Gasteiger partial charge on any atom is -0.459 e. The zero-order valence-corrected chi connectivity index (χ0v) is 26.8. The van der Waals surface area contributed by atoms with Gasteiger partial charge in [-0.2, -0.15) is 26.3 Å². The first kappa shape index (κ1) is 37.4. The van der Waals surface area contributed by atoms with Crippen LogP contribution in [0.3, 0.4) is 0 Å². The van der Waals surface area contributed by atoms with E-state index in [0.717, 1.165) is 0 Å². The third kappa shape index (κ3) is 10.5. The van der Waals surface area contributed by atoms with Gasteiger partial charge in [0.25, 0.3) is 11.8 Å². The molecule has 2 aromatic rings. The van der Waals surface area contributed by atoms with Gasteiger partial charge < -0.3 is 18.9 Å². The van der Waals surface area contributed by atoms with Gasteiger partial charge in [0.05, 0.1) is 17.9 Å². The van der Waals surface area contributed by atoms with Gasteiger partial charge in [0.15, 0.2) is 5.69 Å². The zero-order chi connectivity index (χ0) is 35.0. The van der Waals surface area contributed by atoms with E-state index in [1.807, 2.05) is 5.32 Å². The lowest BCUT2D eigenvalue weighted by Crippen LogP contribution is -2.61. The minimum atomic E-state index is -5.31. The first-order valence-corrected chi connectivity index (χ1v) is 14.7. The Morgan fingerprint density at radius 3 is 2.17 bits per heavy atom. The van der Waals surface area contributed by atoms with E-state index in [1.54, 1.807) is 29.1 Å². The van der Waals surface area contributed by atoms with Gasteiger partial charge in [0.1, 0.15) is 22.7 Å². The molecule has 1 aromatic heterocycles. The number of hydrogen-bond donors (Lipinski definition) is 3. The normalized spacial score (nSPS) is 14.9. The number of hydrazine groups is 1. The molecule has 11 nitrogen and oxygen atoms in total. The third-order valence-corrected chi connectivity index (χ3v) is 6.91. The number of carbonyl (C=O) groups excluding carboxylic acids is 3. The summed E-state index contributed by atoms with van der Waals surface area (Å²) < 4.78 is 104. The van der Waals surface area contributed by atoms with Gasteiger partial charge in [0, 0.05) is 6.42 Å². The molecule has 47 heavy (non-hydrogen) atoms. The summed E-state index contributed by atoms with van der Waals surface area (Å²) in [5.41, 5.74) is -3.97. The van der Waals surface area contributed by atoms with Crippen LogP contribution in [-0.4, -0.2) is 46.6 Å². The van der Waals surface area contributed by atoms with Gasteiger partial charge in [-0.1, -0.05) is 30.3 Å². The number of nitrogens with one attached hydrogen (secondary N) is 3. The molecule has 1 aromatic carbocycles. The second kappa shape index (κ2) is 15.2. The number of hydrogen-bond acceptors (Lipinski definition) is 8. The highest BCUT2D eigenvalue weighted by Crippen LogP contribution is 2.40. The molecule has 0 radical (unpaired) electrons. The fourth-order valence-electron chi connectivity index (χ4n) is 4.12. The van der Waals surface area contributed by atoms with Crippen LogP contribution >= 0.6 is 15.9 Å². The van der Waals surface area contributed by atoms with E-state index in [1.165, 1.54) is 45.4 Å². The molecule has 0 saturated heterocycles. The van der Waals surface area contributed by atoms with E-state index in [0.29, 0.717) is 11.6 Å². The van der Waals surface area contributed by atoms with Crippen LogP contribution in [0.1, 0.15) is 68.1 Å². The number of pyridine rings is 1. The van der Waals surface area contributed by atoms with Crippen molar-refractivity contribution in [3.05, 3.63) is 70.3 Å². The molecule has 0 bridgehead atoms. The lowest BCUT2D eigenvalue weighted by molar-refractivity contribution is -0.273. The van der Waals surface area contributed by atoms with Crippen LogP contribution in [0.5, 0.6) is 0 Å². The summed E-state index contributed by atoms with van der Waals surface area (Å²) in [6.07, 6.45) is -10.5. The van der Waals surface area contributed by atoms with Gasteiger partial charge in [0.2, 0.25) is 11.9 Å². The molecule has 0 fully saturated rings. The summed E-state index contributed by atoms with van der Waals surface area (Å²) in [5.74, 6) is -3.29. The maximum atomic E-state index is 14.7. The van der Waals surface area contributed by atoms with E-state index >= 15 is 0 Å². The molecule has 1 atom stereocenters. The zero-order valence-electron chi connectivity index (χ0n) is 25.2. The summed E-state index contributed by atoms with van der Waals surface area (Å²) in [7, 11) is 0. The molecular formula is C29H31BrF6N4O7. The highest BCUT2D eigenvalue weighted by Gasteiger charge is 2.61. The monoisotopic (exact) mass is 740 g/mol. The highest BCUT2D eigenvalue weighted by atomic mass is 79.9. The number of ether oxygens (including phenoxy) is 4. The quantitative estimate of drug-likeness (QED) is 0.0981. The SMILES string of the molecule is CC(C)(C)OC(=O)Nc1cc(C(F)(F)F)c(Br)nc1C(=O)NNC(=O)[C@@](CCCCC1OC=CO1)(OCc1ccccc1)C(F)(F)F. The molecule has 1 aliphatic heterocycles. The van der Waals surface area contributed by atoms with Crippen LogP contribution in [-0.2, 0) is 36.5 Å². The number of amides is 3. The maximum Gasteiger partial charge on any atom is 0.426 e. The topological polar surface area (TPSA) is 137 Å². The second-order valence-electron chi connectivity index (χ2n) is 11.1. The number of halogens is 7. The van der Waals surface area contributed by atoms with E-state index < -0.39 is 82.3 Å². The van der Waals surface area contributed by atoms with Crippen LogP contribution in [0.2, 0.25) is 0 Å². The number of unbranched alkanes of at least 4 members (excludes halogenated alkanes) is 1. The van der Waals surface area contributed by atoms with E-state index in [2.05, 4.69) is 20.9 Å². The Labute approximate surface area is 273 Å². The smallest absolute Gasteiger partial charge is 0.426 e. The molecule has 0 saturated carbocycles. The number of carbonyl (C=O) groups is 3. The van der Waals surface area contributed by atoms with Crippen molar-refractivity contribution >= 4 is 39.5 Å². The number of nitrogens with zero attached hydrogens (tertiary/aromatic N) is 1. The molecule has 3 amide bonds. The minimum absolute atomic E-state index is 0.127. The van der Waals surface area contributed by atoms with Gasteiger partial charge in [-0.05, 0) is 67.6 Å². The van der Waals surface area contributed by atoms with Crippen molar-refractivity contribution < 1.29 is 59.7 Å². The van der Waals surface area contributed by atoms with Crippen molar-refractivity contribution in [2.75, 3.05) is 5.32 Å². The van der Waals surface area contributed by atoms with Crippen molar-refractivity contribution in [1.82, 2.24) is 15.8 Å².